The van der Waals surface area contributed by atoms with Crippen LogP contribution >= 0.6 is 11.6 Å². The summed E-state index contributed by atoms with van der Waals surface area (Å²) < 4.78 is 2.57. The Morgan fingerprint density at radius 2 is 1.50 bits per heavy atom. The second kappa shape index (κ2) is 13.7. The molecule has 0 fully saturated rings. The van der Waals surface area contributed by atoms with Gasteiger partial charge in [0.1, 0.15) is 6.54 Å². The molecular weight excluding hydrogens is 556 g/mol. The molecule has 2 aromatic rings. The normalized spacial score (nSPS) is 22.5. The predicted octanol–water partition coefficient (Wildman–Crippen LogP) is 11.5. The topological polar surface area (TPSA) is 6.25 Å². The Hall–Kier alpha value is -2.84. The number of halogens is 1. The van der Waals surface area contributed by atoms with Gasteiger partial charge in [-0.1, -0.05) is 114 Å². The number of anilines is 1. The minimum absolute atomic E-state index is 0.0417. The molecule has 1 aliphatic carbocycles. The SMILES string of the molecule is CCCCCN1C(=CC=C2CC(C)CC(C=CC3=[N+](CCCCC)c4ccccc4C3(C)C)=C2Cl)C(C)(C)c2ccccc21. The summed E-state index contributed by atoms with van der Waals surface area (Å²) in [5, 5.41) is 0.938. The fraction of sp³-hybridized carbons (Fsp3) is 0.488. The molecule has 1 unspecified atom stereocenters. The van der Waals surface area contributed by atoms with Gasteiger partial charge < -0.3 is 4.90 Å². The van der Waals surface area contributed by atoms with Crippen LogP contribution in [0.1, 0.15) is 111 Å². The summed E-state index contributed by atoms with van der Waals surface area (Å²) in [5.74, 6) is 0.552. The third-order valence-electron chi connectivity index (χ3n) is 10.2. The molecule has 2 heterocycles. The molecule has 234 valence electrons. The zero-order valence-electron chi connectivity index (χ0n) is 28.3. The highest BCUT2D eigenvalue weighted by Crippen LogP contribution is 2.48. The summed E-state index contributed by atoms with van der Waals surface area (Å²) in [6, 6.07) is 17.9. The summed E-state index contributed by atoms with van der Waals surface area (Å²) in [6.45, 7) is 18.5. The first-order chi connectivity index (χ1) is 21.1. The standard InChI is InChI=1S/C41H54ClN2/c1-8-10-16-26-43-35-20-14-12-18-33(35)40(4,5)37(43)24-22-31-28-30(3)29-32(39(31)42)23-25-38-41(6,7)34-19-13-15-21-36(34)44(38)27-17-11-9-2/h12-15,18-25,30H,8-11,16-17,26-29H2,1-7H3/q+1. The van der Waals surface area contributed by atoms with Crippen molar-refractivity contribution in [3.8, 4) is 0 Å². The molecule has 0 amide bonds. The highest BCUT2D eigenvalue weighted by molar-refractivity contribution is 6.32. The van der Waals surface area contributed by atoms with Gasteiger partial charge in [0.2, 0.25) is 5.69 Å². The lowest BCUT2D eigenvalue weighted by molar-refractivity contribution is -0.438. The molecule has 2 aliphatic heterocycles. The molecule has 2 aromatic carbocycles. The van der Waals surface area contributed by atoms with Crippen LogP contribution in [0.25, 0.3) is 0 Å². The van der Waals surface area contributed by atoms with Crippen molar-refractivity contribution < 1.29 is 4.58 Å². The van der Waals surface area contributed by atoms with Gasteiger partial charge in [-0.2, -0.15) is 4.58 Å². The number of hydrogen-bond acceptors (Lipinski definition) is 1. The Morgan fingerprint density at radius 3 is 2.25 bits per heavy atom. The van der Waals surface area contributed by atoms with E-state index < -0.39 is 0 Å². The number of hydrogen-bond donors (Lipinski definition) is 0. The highest BCUT2D eigenvalue weighted by Gasteiger charge is 2.44. The summed E-state index contributed by atoms with van der Waals surface area (Å²) >= 11 is 7.28. The van der Waals surface area contributed by atoms with E-state index in [0.717, 1.165) is 31.0 Å². The summed E-state index contributed by atoms with van der Waals surface area (Å²) in [5.41, 5.74) is 10.8. The first kappa shape index (κ1) is 32.6. The van der Waals surface area contributed by atoms with E-state index in [9.17, 15) is 0 Å². The van der Waals surface area contributed by atoms with Gasteiger partial charge in [0.05, 0.1) is 5.41 Å². The first-order valence-corrected chi connectivity index (χ1v) is 17.6. The summed E-state index contributed by atoms with van der Waals surface area (Å²) in [7, 11) is 0. The van der Waals surface area contributed by atoms with Gasteiger partial charge in [0, 0.05) is 52.5 Å². The van der Waals surface area contributed by atoms with Crippen LogP contribution < -0.4 is 4.90 Å². The van der Waals surface area contributed by atoms with E-state index in [1.165, 1.54) is 83.6 Å². The first-order valence-electron chi connectivity index (χ1n) is 17.2. The van der Waals surface area contributed by atoms with Gasteiger partial charge >= 0.3 is 0 Å². The van der Waals surface area contributed by atoms with E-state index in [2.05, 4.69) is 131 Å². The molecule has 0 radical (unpaired) electrons. The van der Waals surface area contributed by atoms with Crippen LogP contribution in [0.3, 0.4) is 0 Å². The molecule has 1 atom stereocenters. The lowest BCUT2D eigenvalue weighted by Crippen LogP contribution is -2.28. The number of rotatable bonds is 11. The molecule has 0 saturated carbocycles. The Kier molecular flexibility index (Phi) is 10.1. The van der Waals surface area contributed by atoms with Crippen LogP contribution in [0.15, 0.2) is 94.7 Å². The smallest absolute Gasteiger partial charge is 0.209 e. The second-order valence-corrected chi connectivity index (χ2v) is 14.7. The number of allylic oxidation sites excluding steroid dienone is 8. The molecule has 2 nitrogen and oxygen atoms in total. The molecule has 44 heavy (non-hydrogen) atoms. The lowest BCUT2D eigenvalue weighted by atomic mass is 9.80. The minimum atomic E-state index is -0.0417. The van der Waals surface area contributed by atoms with Gasteiger partial charge in [-0.15, -0.1) is 0 Å². The van der Waals surface area contributed by atoms with Crippen molar-refractivity contribution in [2.24, 2.45) is 5.92 Å². The zero-order valence-corrected chi connectivity index (χ0v) is 29.1. The average Bonchev–Trinajstić information content (AvgIpc) is 3.35. The largest absolute Gasteiger partial charge is 0.344 e. The average molecular weight is 610 g/mol. The van der Waals surface area contributed by atoms with Gasteiger partial charge in [-0.3, -0.25) is 0 Å². The molecule has 3 aliphatic rings. The number of para-hydroxylation sites is 2. The van der Waals surface area contributed by atoms with E-state index in [1.807, 2.05) is 0 Å². The molecule has 0 saturated heterocycles. The third-order valence-corrected chi connectivity index (χ3v) is 10.6. The van der Waals surface area contributed by atoms with Crippen LogP contribution in [-0.2, 0) is 10.8 Å². The van der Waals surface area contributed by atoms with E-state index in [0.29, 0.717) is 5.92 Å². The van der Waals surface area contributed by atoms with Crippen molar-refractivity contribution in [3.63, 3.8) is 0 Å². The number of nitrogens with zero attached hydrogens (tertiary/aromatic N) is 2. The summed E-state index contributed by atoms with van der Waals surface area (Å²) in [4.78, 5) is 2.57. The molecule has 3 heteroatoms. The molecule has 0 spiro atoms. The minimum Gasteiger partial charge on any atom is -0.344 e. The van der Waals surface area contributed by atoms with Crippen LogP contribution in [0.2, 0.25) is 0 Å². The van der Waals surface area contributed by atoms with Gasteiger partial charge in [0.25, 0.3) is 0 Å². The molecule has 0 aromatic heterocycles. The predicted molar refractivity (Wildman–Crippen MR) is 192 cm³/mol. The molecular formula is C41H54ClN2+. The van der Waals surface area contributed by atoms with E-state index in [4.69, 9.17) is 11.6 Å². The van der Waals surface area contributed by atoms with Crippen molar-refractivity contribution in [1.82, 2.24) is 0 Å². The van der Waals surface area contributed by atoms with Crippen molar-refractivity contribution in [2.45, 2.75) is 111 Å². The Balaban J connectivity index is 1.49. The van der Waals surface area contributed by atoms with E-state index in [-0.39, 0.29) is 10.8 Å². The number of benzene rings is 2. The van der Waals surface area contributed by atoms with Gasteiger partial charge in [0.15, 0.2) is 5.71 Å². The number of fused-ring (bicyclic) bond motifs is 2. The van der Waals surface area contributed by atoms with Gasteiger partial charge in [-0.05, 0) is 74.3 Å². The molecule has 0 bridgehead atoms. The van der Waals surface area contributed by atoms with Crippen molar-refractivity contribution >= 4 is 28.7 Å². The monoisotopic (exact) mass is 609 g/mol. The van der Waals surface area contributed by atoms with Gasteiger partial charge in [-0.25, -0.2) is 0 Å². The third kappa shape index (κ3) is 6.30. The van der Waals surface area contributed by atoms with Crippen LogP contribution in [0.5, 0.6) is 0 Å². The zero-order chi connectivity index (χ0) is 31.5. The molecule has 5 rings (SSSR count). The Bertz CT molecular complexity index is 1510. The number of unbranched alkanes of at least 4 members (excludes halogenated alkanes) is 4. The molecule has 0 N–H and O–H groups in total. The fourth-order valence-corrected chi connectivity index (χ4v) is 7.93. The quantitative estimate of drug-likeness (QED) is 0.181. The van der Waals surface area contributed by atoms with Crippen molar-refractivity contribution in [3.05, 3.63) is 106 Å². The van der Waals surface area contributed by atoms with Crippen LogP contribution in [0.4, 0.5) is 11.4 Å². The van der Waals surface area contributed by atoms with Crippen LogP contribution in [-0.4, -0.2) is 23.4 Å². The Morgan fingerprint density at radius 1 is 0.818 bits per heavy atom. The summed E-state index contributed by atoms with van der Waals surface area (Å²) in [6.07, 6.45) is 18.8. The van der Waals surface area contributed by atoms with E-state index in [1.54, 1.807) is 0 Å². The van der Waals surface area contributed by atoms with Crippen molar-refractivity contribution in [2.75, 3.05) is 18.0 Å². The highest BCUT2D eigenvalue weighted by atomic mass is 35.5. The second-order valence-electron chi connectivity index (χ2n) is 14.3. The van der Waals surface area contributed by atoms with E-state index >= 15 is 0 Å². The maximum Gasteiger partial charge on any atom is 0.209 e. The van der Waals surface area contributed by atoms with Crippen LogP contribution in [0, 0.1) is 5.92 Å². The van der Waals surface area contributed by atoms with Crippen molar-refractivity contribution in [1.29, 1.82) is 0 Å². The Labute approximate surface area is 272 Å². The lowest BCUT2D eigenvalue weighted by Gasteiger charge is -2.28. The fourth-order valence-electron chi connectivity index (χ4n) is 7.65. The maximum atomic E-state index is 7.28. The maximum absolute atomic E-state index is 7.28.